The van der Waals surface area contributed by atoms with Crippen LogP contribution in [0, 0.1) is 0 Å². The fraction of sp³-hybridized carbons (Fsp3) is 0.143. The summed E-state index contributed by atoms with van der Waals surface area (Å²) in [6.07, 6.45) is 2.00. The van der Waals surface area contributed by atoms with Gasteiger partial charge in [-0.1, -0.05) is 18.2 Å². The van der Waals surface area contributed by atoms with Crippen LogP contribution in [0.5, 0.6) is 0 Å². The van der Waals surface area contributed by atoms with Crippen LogP contribution >= 0.6 is 11.6 Å². The van der Waals surface area contributed by atoms with Crippen molar-refractivity contribution < 1.29 is 4.79 Å². The molecular formula is C21H19ClN4O. The number of halogens is 1. The zero-order valence-electron chi connectivity index (χ0n) is 15.1. The number of carbonyl (C=O) groups excluding carboxylic acids is 1. The van der Waals surface area contributed by atoms with Crippen LogP contribution in [0.1, 0.15) is 16.1 Å². The summed E-state index contributed by atoms with van der Waals surface area (Å²) in [4.78, 5) is 18.9. The second-order valence-electron chi connectivity index (χ2n) is 6.51. The maximum atomic E-state index is 12.9. The molecule has 2 aromatic carbocycles. The third kappa shape index (κ3) is 3.22. The Hall–Kier alpha value is -3.05. The van der Waals surface area contributed by atoms with E-state index in [2.05, 4.69) is 9.55 Å². The van der Waals surface area contributed by atoms with Gasteiger partial charge in [-0.15, -0.1) is 0 Å². The van der Waals surface area contributed by atoms with Crippen molar-refractivity contribution in [3.63, 3.8) is 0 Å². The summed E-state index contributed by atoms with van der Waals surface area (Å²) in [5.74, 6) is -0.0560. The summed E-state index contributed by atoms with van der Waals surface area (Å²) in [6, 6.07) is 19.6. The van der Waals surface area contributed by atoms with Gasteiger partial charge in [0.15, 0.2) is 0 Å². The van der Waals surface area contributed by atoms with E-state index in [0.717, 1.165) is 22.4 Å². The third-order valence-corrected chi connectivity index (χ3v) is 5.02. The Morgan fingerprint density at radius 2 is 1.89 bits per heavy atom. The van der Waals surface area contributed by atoms with Crippen molar-refractivity contribution in [1.29, 1.82) is 0 Å². The quantitative estimate of drug-likeness (QED) is 0.531. The van der Waals surface area contributed by atoms with Crippen LogP contribution in [0.4, 0.5) is 0 Å². The molecule has 0 aliphatic carbocycles. The van der Waals surface area contributed by atoms with Crippen molar-refractivity contribution >= 4 is 28.5 Å². The van der Waals surface area contributed by atoms with Crippen LogP contribution in [0.15, 0.2) is 66.9 Å². The number of nitrogens with zero attached hydrogens (tertiary/aromatic N) is 4. The average Bonchev–Trinajstić information content (AvgIpc) is 3.26. The van der Waals surface area contributed by atoms with Crippen molar-refractivity contribution in [2.75, 3.05) is 7.05 Å². The minimum atomic E-state index is -0.0560. The van der Waals surface area contributed by atoms with Gasteiger partial charge in [0.2, 0.25) is 5.28 Å². The zero-order valence-corrected chi connectivity index (χ0v) is 15.9. The highest BCUT2D eigenvalue weighted by atomic mass is 35.5. The van der Waals surface area contributed by atoms with Gasteiger partial charge < -0.3 is 14.0 Å². The molecule has 27 heavy (non-hydrogen) atoms. The normalized spacial score (nSPS) is 11.1. The van der Waals surface area contributed by atoms with Gasteiger partial charge in [0.25, 0.3) is 5.91 Å². The van der Waals surface area contributed by atoms with Gasteiger partial charge in [-0.25, -0.2) is 4.98 Å². The number of hydrogen-bond acceptors (Lipinski definition) is 2. The van der Waals surface area contributed by atoms with Gasteiger partial charge in [0.05, 0.1) is 17.6 Å². The number of para-hydroxylation sites is 1. The minimum absolute atomic E-state index is 0.0560. The van der Waals surface area contributed by atoms with E-state index in [0.29, 0.717) is 17.4 Å². The third-order valence-electron chi connectivity index (χ3n) is 4.69. The molecule has 0 radical (unpaired) electrons. The fourth-order valence-electron chi connectivity index (χ4n) is 3.22. The zero-order chi connectivity index (χ0) is 19.0. The number of aryl methyl sites for hydroxylation is 1. The smallest absolute Gasteiger partial charge is 0.254 e. The van der Waals surface area contributed by atoms with Crippen molar-refractivity contribution in [1.82, 2.24) is 19.0 Å². The molecule has 0 unspecified atom stereocenters. The van der Waals surface area contributed by atoms with Gasteiger partial charge >= 0.3 is 0 Å². The Bertz CT molecular complexity index is 1110. The molecule has 0 atom stereocenters. The highest BCUT2D eigenvalue weighted by molar-refractivity contribution is 6.29. The van der Waals surface area contributed by atoms with Gasteiger partial charge in [-0.05, 0) is 54.1 Å². The summed E-state index contributed by atoms with van der Waals surface area (Å²) < 4.78 is 3.88. The lowest BCUT2D eigenvalue weighted by atomic mass is 10.1. The average molecular weight is 379 g/mol. The van der Waals surface area contributed by atoms with Crippen LogP contribution in [-0.2, 0) is 13.6 Å². The lowest BCUT2D eigenvalue weighted by Crippen LogP contribution is -2.27. The topological polar surface area (TPSA) is 43.1 Å². The van der Waals surface area contributed by atoms with E-state index < -0.39 is 0 Å². The molecule has 0 saturated carbocycles. The SMILES string of the molecule is CN(Cc1cccn1-c1ccccc1)C(=O)c1ccc2c(c1)nc(Cl)n2C. The summed E-state index contributed by atoms with van der Waals surface area (Å²) in [5.41, 5.74) is 4.33. The molecule has 4 aromatic rings. The predicted molar refractivity (Wildman–Crippen MR) is 107 cm³/mol. The fourth-order valence-corrected chi connectivity index (χ4v) is 3.41. The second-order valence-corrected chi connectivity index (χ2v) is 6.85. The maximum Gasteiger partial charge on any atom is 0.254 e. The van der Waals surface area contributed by atoms with E-state index in [9.17, 15) is 4.79 Å². The van der Waals surface area contributed by atoms with E-state index in [-0.39, 0.29) is 5.91 Å². The highest BCUT2D eigenvalue weighted by Gasteiger charge is 2.16. The molecule has 0 aliphatic heterocycles. The molecule has 0 N–H and O–H groups in total. The number of rotatable bonds is 4. The molecule has 4 rings (SSSR count). The Labute approximate surface area is 162 Å². The minimum Gasteiger partial charge on any atom is -0.336 e. The molecule has 6 heteroatoms. The van der Waals surface area contributed by atoms with E-state index in [1.165, 1.54) is 0 Å². The monoisotopic (exact) mass is 378 g/mol. The Kier molecular flexibility index (Phi) is 4.46. The van der Waals surface area contributed by atoms with Crippen molar-refractivity contribution in [3.8, 4) is 5.69 Å². The molecule has 5 nitrogen and oxygen atoms in total. The summed E-state index contributed by atoms with van der Waals surface area (Å²) in [7, 11) is 3.66. The molecule has 0 aliphatic rings. The van der Waals surface area contributed by atoms with Crippen molar-refractivity contribution in [2.45, 2.75) is 6.54 Å². The largest absolute Gasteiger partial charge is 0.336 e. The number of carbonyl (C=O) groups is 1. The van der Waals surface area contributed by atoms with Crippen molar-refractivity contribution in [2.24, 2.45) is 7.05 Å². The number of hydrogen-bond donors (Lipinski definition) is 0. The molecule has 1 amide bonds. The van der Waals surface area contributed by atoms with Crippen LogP contribution in [0.3, 0.4) is 0 Å². The van der Waals surface area contributed by atoms with Gasteiger partial charge in [-0.2, -0.15) is 0 Å². The van der Waals surface area contributed by atoms with Crippen LogP contribution in [0.25, 0.3) is 16.7 Å². The second kappa shape index (κ2) is 6.93. The van der Waals surface area contributed by atoms with E-state index in [4.69, 9.17) is 11.6 Å². The molecule has 0 spiro atoms. The highest BCUT2D eigenvalue weighted by Crippen LogP contribution is 2.21. The summed E-state index contributed by atoms with van der Waals surface area (Å²) >= 11 is 6.07. The van der Waals surface area contributed by atoms with E-state index in [1.54, 1.807) is 22.6 Å². The number of imidazole rings is 1. The maximum absolute atomic E-state index is 12.9. The number of fused-ring (bicyclic) bond motifs is 1. The van der Waals surface area contributed by atoms with Crippen molar-refractivity contribution in [3.05, 3.63) is 83.4 Å². The lowest BCUT2D eigenvalue weighted by molar-refractivity contribution is 0.0783. The standard InChI is InChI=1S/C21H19ClN4O/c1-24(14-17-9-6-12-26(17)16-7-4-3-5-8-16)20(27)15-10-11-19-18(13-15)23-21(22)25(19)2/h3-13H,14H2,1-2H3. The van der Waals surface area contributed by atoms with E-state index in [1.807, 2.05) is 67.8 Å². The van der Waals surface area contributed by atoms with Gasteiger partial charge in [0.1, 0.15) is 0 Å². The summed E-state index contributed by atoms with van der Waals surface area (Å²) in [5, 5.41) is 0.406. The first-order chi connectivity index (χ1) is 13.0. The van der Waals surface area contributed by atoms with E-state index >= 15 is 0 Å². The Balaban J connectivity index is 1.58. The van der Waals surface area contributed by atoms with Gasteiger partial charge in [-0.3, -0.25) is 4.79 Å². The first kappa shape index (κ1) is 17.4. The molecule has 136 valence electrons. The molecule has 2 aromatic heterocycles. The lowest BCUT2D eigenvalue weighted by Gasteiger charge is -2.19. The van der Waals surface area contributed by atoms with Crippen LogP contribution in [-0.4, -0.2) is 32.0 Å². The first-order valence-electron chi connectivity index (χ1n) is 8.63. The molecule has 2 heterocycles. The molecular weight excluding hydrogens is 360 g/mol. The molecule has 0 saturated heterocycles. The number of amides is 1. The Morgan fingerprint density at radius 1 is 1.11 bits per heavy atom. The van der Waals surface area contributed by atoms with Crippen LogP contribution in [0.2, 0.25) is 5.28 Å². The van der Waals surface area contributed by atoms with Gasteiger partial charge in [0, 0.05) is 37.2 Å². The summed E-state index contributed by atoms with van der Waals surface area (Å²) in [6.45, 7) is 0.502. The first-order valence-corrected chi connectivity index (χ1v) is 9.01. The van der Waals surface area contributed by atoms with Crippen LogP contribution < -0.4 is 0 Å². The number of benzene rings is 2. The predicted octanol–water partition coefficient (Wildman–Crippen LogP) is 4.29. The number of aromatic nitrogens is 3. The molecule has 0 fully saturated rings. The Morgan fingerprint density at radius 3 is 2.67 bits per heavy atom. The molecule has 0 bridgehead atoms.